The van der Waals surface area contributed by atoms with Crippen molar-refractivity contribution in [1.82, 2.24) is 4.90 Å². The Bertz CT molecular complexity index is 1340. The van der Waals surface area contributed by atoms with Gasteiger partial charge in [0.25, 0.3) is 0 Å². The molecule has 0 aromatic heterocycles. The molecule has 0 saturated carbocycles. The predicted molar refractivity (Wildman–Crippen MR) is 177 cm³/mol. The minimum Gasteiger partial charge on any atom is -0.467 e. The average Bonchev–Trinajstić information content (AvgIpc) is 2.95. The Labute approximate surface area is 258 Å². The number of fused-ring (bicyclic) bond motifs is 1. The first-order valence-corrected chi connectivity index (χ1v) is 22.8. The number of rotatable bonds is 13. The lowest BCUT2D eigenvalue weighted by atomic mass is 9.87. The van der Waals surface area contributed by atoms with Crippen LogP contribution in [0.5, 0.6) is 5.75 Å². The molecule has 1 aliphatic heterocycles. The molecule has 1 saturated heterocycles. The van der Waals surface area contributed by atoms with Crippen LogP contribution >= 0.6 is 0 Å². The molecule has 3 aromatic carbocycles. The van der Waals surface area contributed by atoms with Gasteiger partial charge in [-0.1, -0.05) is 75.7 Å². The second kappa shape index (κ2) is 14.8. The molecule has 9 heteroatoms. The normalized spacial score (nSPS) is 17.7. The van der Waals surface area contributed by atoms with Gasteiger partial charge in [-0.05, 0) is 59.3 Å². The molecular weight excluding hydrogens is 578 g/mol. The van der Waals surface area contributed by atoms with Crippen LogP contribution in [-0.4, -0.2) is 66.3 Å². The number of likely N-dealkylation sites (tertiary alicyclic amines) is 1. The van der Waals surface area contributed by atoms with Crippen LogP contribution in [0.15, 0.2) is 60.7 Å². The molecule has 3 aromatic rings. The Kier molecular flexibility index (Phi) is 11.4. The minimum atomic E-state index is -1.31. The lowest BCUT2D eigenvalue weighted by Crippen LogP contribution is -2.47. The maximum Gasteiger partial charge on any atom is 0.409 e. The van der Waals surface area contributed by atoms with Crippen LogP contribution in [0, 0.1) is 5.82 Å². The summed E-state index contributed by atoms with van der Waals surface area (Å²) < 4.78 is 37.9. The molecule has 2 atom stereocenters. The van der Waals surface area contributed by atoms with Gasteiger partial charge < -0.3 is 23.8 Å². The van der Waals surface area contributed by atoms with Gasteiger partial charge in [0.05, 0.1) is 25.9 Å². The van der Waals surface area contributed by atoms with E-state index in [1.165, 1.54) is 12.1 Å². The summed E-state index contributed by atoms with van der Waals surface area (Å²) in [6.45, 7) is 16.5. The van der Waals surface area contributed by atoms with Crippen LogP contribution in [0.1, 0.15) is 23.5 Å². The highest BCUT2D eigenvalue weighted by molar-refractivity contribution is 6.76. The Morgan fingerprint density at radius 2 is 1.63 bits per heavy atom. The van der Waals surface area contributed by atoms with Crippen LogP contribution < -0.4 is 4.74 Å². The highest BCUT2D eigenvalue weighted by Gasteiger charge is 2.34. The van der Waals surface area contributed by atoms with Crippen molar-refractivity contribution in [2.24, 2.45) is 0 Å². The zero-order chi connectivity index (χ0) is 31.0. The third-order valence-electron chi connectivity index (χ3n) is 7.83. The number of benzene rings is 3. The van der Waals surface area contributed by atoms with Gasteiger partial charge in [0, 0.05) is 40.6 Å². The second-order valence-corrected chi connectivity index (χ2v) is 25.2. The molecule has 0 radical (unpaired) electrons. The minimum absolute atomic E-state index is 0.0302. The van der Waals surface area contributed by atoms with E-state index in [0.29, 0.717) is 39.3 Å². The highest BCUT2D eigenvalue weighted by Crippen LogP contribution is 2.33. The summed E-state index contributed by atoms with van der Waals surface area (Å²) in [6, 6.07) is 20.9. The van der Waals surface area contributed by atoms with Gasteiger partial charge >= 0.3 is 6.09 Å². The average molecular weight is 626 g/mol. The van der Waals surface area contributed by atoms with E-state index in [2.05, 4.69) is 57.5 Å². The molecule has 0 aliphatic carbocycles. The number of ether oxygens (including phenoxy) is 4. The molecule has 0 spiro atoms. The Morgan fingerprint density at radius 3 is 2.35 bits per heavy atom. The number of carbonyl (C=O) groups is 1. The first kappa shape index (κ1) is 33.2. The zero-order valence-electron chi connectivity index (χ0n) is 26.7. The van der Waals surface area contributed by atoms with E-state index >= 15 is 0 Å². The number of amides is 1. The van der Waals surface area contributed by atoms with Crippen molar-refractivity contribution in [3.05, 3.63) is 77.6 Å². The summed E-state index contributed by atoms with van der Waals surface area (Å²) in [5.74, 6) is 0.524. The summed E-state index contributed by atoms with van der Waals surface area (Å²) >= 11 is 0. The molecule has 1 fully saturated rings. The Balaban J connectivity index is 1.47. The SMILES string of the molecule is C[Si](C)(C)CCOCOc1cc(COC2CN(C(=O)OCC[Si](C)(C)C)CCC2c2ccc(F)cc2)cc2ccccc12. The number of halogens is 1. The molecule has 1 heterocycles. The third kappa shape index (κ3) is 10.4. The van der Waals surface area contributed by atoms with Crippen molar-refractivity contribution in [3.63, 3.8) is 0 Å². The maximum absolute atomic E-state index is 13.7. The van der Waals surface area contributed by atoms with Crippen LogP contribution in [0.3, 0.4) is 0 Å². The van der Waals surface area contributed by atoms with Crippen LogP contribution in [-0.2, 0) is 20.8 Å². The summed E-state index contributed by atoms with van der Waals surface area (Å²) in [5, 5.41) is 2.08. The summed E-state index contributed by atoms with van der Waals surface area (Å²) in [5.41, 5.74) is 1.99. The highest BCUT2D eigenvalue weighted by atomic mass is 28.3. The largest absolute Gasteiger partial charge is 0.467 e. The number of hydrogen-bond donors (Lipinski definition) is 0. The van der Waals surface area contributed by atoms with Gasteiger partial charge in [0.15, 0.2) is 6.79 Å². The summed E-state index contributed by atoms with van der Waals surface area (Å²) in [7, 11) is -2.48. The van der Waals surface area contributed by atoms with Crippen molar-refractivity contribution in [2.75, 3.05) is 33.1 Å². The molecule has 0 N–H and O–H groups in total. The number of hydrogen-bond acceptors (Lipinski definition) is 5. The van der Waals surface area contributed by atoms with Crippen molar-refractivity contribution in [3.8, 4) is 5.75 Å². The quantitative estimate of drug-likeness (QED) is 0.108. The van der Waals surface area contributed by atoms with Gasteiger partial charge in [0.1, 0.15) is 11.6 Å². The smallest absolute Gasteiger partial charge is 0.409 e. The maximum atomic E-state index is 13.7. The Hall–Kier alpha value is -2.73. The molecule has 0 bridgehead atoms. The van der Waals surface area contributed by atoms with Crippen molar-refractivity contribution >= 4 is 33.0 Å². The lowest BCUT2D eigenvalue weighted by Gasteiger charge is -2.38. The molecule has 1 amide bonds. The fourth-order valence-electron chi connectivity index (χ4n) is 5.16. The molecule has 6 nitrogen and oxygen atoms in total. The van der Waals surface area contributed by atoms with Crippen molar-refractivity contribution < 1.29 is 28.1 Å². The van der Waals surface area contributed by atoms with Gasteiger partial charge in [-0.2, -0.15) is 0 Å². The molecular formula is C34H48FNO5Si2. The summed E-state index contributed by atoms with van der Waals surface area (Å²) in [4.78, 5) is 14.7. The molecule has 1 aliphatic rings. The third-order valence-corrected chi connectivity index (χ3v) is 11.2. The number of nitrogens with zero attached hydrogens (tertiary/aromatic N) is 1. The standard InChI is InChI=1S/C34H48FNO5Si2/c1-42(2,3)19-17-38-25-41-32-22-26(21-28-9-7-8-10-30(28)32)24-40-33-23-36(34(37)39-18-20-43(4,5)6)16-15-31(33)27-11-13-29(35)14-12-27/h7-14,21-22,31,33H,15-20,23-25H2,1-6H3. The van der Waals surface area contributed by atoms with Crippen LogP contribution in [0.25, 0.3) is 10.8 Å². The predicted octanol–water partition coefficient (Wildman–Crippen LogP) is 8.52. The molecule has 234 valence electrons. The second-order valence-electron chi connectivity index (χ2n) is 14.0. The fourth-order valence-corrected chi connectivity index (χ4v) is 6.63. The van der Waals surface area contributed by atoms with E-state index in [1.54, 1.807) is 4.90 Å². The number of carbonyl (C=O) groups excluding carboxylic acids is 1. The van der Waals surface area contributed by atoms with Gasteiger partial charge in [-0.3, -0.25) is 0 Å². The van der Waals surface area contributed by atoms with Gasteiger partial charge in [-0.15, -0.1) is 0 Å². The van der Waals surface area contributed by atoms with Gasteiger partial charge in [-0.25, -0.2) is 9.18 Å². The Morgan fingerprint density at radius 1 is 0.930 bits per heavy atom. The van der Waals surface area contributed by atoms with E-state index in [4.69, 9.17) is 18.9 Å². The van der Waals surface area contributed by atoms with Crippen LogP contribution in [0.2, 0.25) is 51.4 Å². The van der Waals surface area contributed by atoms with Gasteiger partial charge in [0.2, 0.25) is 0 Å². The first-order valence-electron chi connectivity index (χ1n) is 15.4. The zero-order valence-corrected chi connectivity index (χ0v) is 28.7. The lowest BCUT2D eigenvalue weighted by molar-refractivity contribution is -0.0235. The van der Waals surface area contributed by atoms with E-state index < -0.39 is 16.1 Å². The van der Waals surface area contributed by atoms with Crippen molar-refractivity contribution in [2.45, 2.75) is 76.4 Å². The van der Waals surface area contributed by atoms with E-state index in [0.717, 1.165) is 39.7 Å². The fraction of sp³-hybridized carbons (Fsp3) is 0.500. The monoisotopic (exact) mass is 625 g/mol. The van der Waals surface area contributed by atoms with E-state index in [1.807, 2.05) is 30.3 Å². The molecule has 2 unspecified atom stereocenters. The van der Waals surface area contributed by atoms with E-state index in [9.17, 15) is 9.18 Å². The van der Waals surface area contributed by atoms with E-state index in [-0.39, 0.29) is 30.7 Å². The summed E-state index contributed by atoms with van der Waals surface area (Å²) in [6.07, 6.45) is 0.143. The topological polar surface area (TPSA) is 57.2 Å². The molecule has 43 heavy (non-hydrogen) atoms. The molecule has 4 rings (SSSR count). The van der Waals surface area contributed by atoms with Crippen LogP contribution in [0.4, 0.5) is 9.18 Å². The first-order chi connectivity index (χ1) is 20.4. The number of piperidine rings is 1. The van der Waals surface area contributed by atoms with Crippen molar-refractivity contribution in [1.29, 1.82) is 0 Å².